The summed E-state index contributed by atoms with van der Waals surface area (Å²) in [5.41, 5.74) is 0.344. The Morgan fingerprint density at radius 2 is 2.23 bits per heavy atom. The fourth-order valence-corrected chi connectivity index (χ4v) is 0.979. The predicted molar refractivity (Wildman–Crippen MR) is 44.9 cm³/mol. The van der Waals surface area contributed by atoms with Crippen molar-refractivity contribution in [2.45, 2.75) is 6.10 Å². The molecule has 0 aliphatic rings. The molecule has 0 radical (unpaired) electrons. The highest BCUT2D eigenvalue weighted by Crippen LogP contribution is 2.17. The summed E-state index contributed by atoms with van der Waals surface area (Å²) in [6, 6.07) is 5.78. The molecule has 70 valence electrons. The van der Waals surface area contributed by atoms with E-state index in [1.165, 1.54) is 24.3 Å². The lowest BCUT2D eigenvalue weighted by Gasteiger charge is -2.05. The van der Waals surface area contributed by atoms with Crippen molar-refractivity contribution >= 4 is 0 Å². The molecule has 2 N–H and O–H groups in total. The molecule has 0 aliphatic carbocycles. The quantitative estimate of drug-likeness (QED) is 0.533. The molecule has 5 nitrogen and oxygen atoms in total. The van der Waals surface area contributed by atoms with Gasteiger partial charge in [0.15, 0.2) is 0 Å². The summed E-state index contributed by atoms with van der Waals surface area (Å²) in [5.74, 6) is -0.0140. The highest BCUT2D eigenvalue weighted by molar-refractivity contribution is 5.28. The van der Waals surface area contributed by atoms with Gasteiger partial charge in [0.05, 0.1) is 0 Å². The van der Waals surface area contributed by atoms with Crippen molar-refractivity contribution in [3.63, 3.8) is 0 Å². The average Bonchev–Trinajstić information content (AvgIpc) is 2.03. The third-order valence-corrected chi connectivity index (χ3v) is 1.58. The largest absolute Gasteiger partial charge is 0.508 e. The molecule has 0 aliphatic heterocycles. The SMILES string of the molecule is O=[N+]([O-])CC(O)c1cccc(O)c1. The smallest absolute Gasteiger partial charge is 0.233 e. The summed E-state index contributed by atoms with van der Waals surface area (Å²) in [7, 11) is 0. The normalized spacial score (nSPS) is 12.4. The van der Waals surface area contributed by atoms with Crippen LogP contribution >= 0.6 is 0 Å². The van der Waals surface area contributed by atoms with E-state index in [9.17, 15) is 15.2 Å². The number of benzene rings is 1. The van der Waals surface area contributed by atoms with Crippen LogP contribution < -0.4 is 0 Å². The van der Waals surface area contributed by atoms with Gasteiger partial charge in [-0.25, -0.2) is 0 Å². The van der Waals surface area contributed by atoms with E-state index in [-0.39, 0.29) is 5.75 Å². The van der Waals surface area contributed by atoms with Crippen LogP contribution in [0.3, 0.4) is 0 Å². The minimum atomic E-state index is -1.16. The maximum atomic E-state index is 10.1. The van der Waals surface area contributed by atoms with Gasteiger partial charge in [-0.2, -0.15) is 0 Å². The average molecular weight is 183 g/mol. The Kier molecular flexibility index (Phi) is 2.81. The zero-order chi connectivity index (χ0) is 9.84. The van der Waals surface area contributed by atoms with Gasteiger partial charge >= 0.3 is 0 Å². The van der Waals surface area contributed by atoms with Crippen LogP contribution in [0.2, 0.25) is 0 Å². The van der Waals surface area contributed by atoms with E-state index in [0.717, 1.165) is 0 Å². The van der Waals surface area contributed by atoms with Gasteiger partial charge in [-0.3, -0.25) is 10.1 Å². The molecule has 0 fully saturated rings. The summed E-state index contributed by atoms with van der Waals surface area (Å²) in [5, 5.41) is 28.3. The zero-order valence-electron chi connectivity index (χ0n) is 6.75. The van der Waals surface area contributed by atoms with Gasteiger partial charge in [0.25, 0.3) is 0 Å². The number of nitrogens with zero attached hydrogens (tertiary/aromatic N) is 1. The molecule has 13 heavy (non-hydrogen) atoms. The maximum absolute atomic E-state index is 10.1. The second-order valence-corrected chi connectivity index (χ2v) is 2.63. The predicted octanol–water partition coefficient (Wildman–Crippen LogP) is 0.702. The fourth-order valence-electron chi connectivity index (χ4n) is 0.979. The minimum absolute atomic E-state index is 0.0140. The van der Waals surface area contributed by atoms with Crippen LogP contribution in [0.1, 0.15) is 11.7 Å². The molecule has 0 aromatic heterocycles. The van der Waals surface area contributed by atoms with Crippen LogP contribution in [0.4, 0.5) is 0 Å². The van der Waals surface area contributed by atoms with Crippen molar-refractivity contribution in [2.24, 2.45) is 0 Å². The van der Waals surface area contributed by atoms with Gasteiger partial charge in [0.1, 0.15) is 11.9 Å². The van der Waals surface area contributed by atoms with Gasteiger partial charge in [-0.1, -0.05) is 12.1 Å². The number of aliphatic hydroxyl groups is 1. The standard InChI is InChI=1S/C8H9NO4/c10-7-3-1-2-6(4-7)8(11)5-9(12)13/h1-4,8,10-11H,5H2. The Bertz CT molecular complexity index is 313. The topological polar surface area (TPSA) is 83.6 Å². The van der Waals surface area contributed by atoms with E-state index in [1.807, 2.05) is 0 Å². The monoisotopic (exact) mass is 183 g/mol. The maximum Gasteiger partial charge on any atom is 0.233 e. The molecule has 0 saturated heterocycles. The molecule has 0 amide bonds. The van der Waals surface area contributed by atoms with Crippen LogP contribution in [0.5, 0.6) is 5.75 Å². The van der Waals surface area contributed by atoms with Crippen LogP contribution in [0, 0.1) is 10.1 Å². The molecular weight excluding hydrogens is 174 g/mol. The van der Waals surface area contributed by atoms with E-state index in [2.05, 4.69) is 0 Å². The zero-order valence-corrected chi connectivity index (χ0v) is 6.75. The van der Waals surface area contributed by atoms with E-state index < -0.39 is 17.6 Å². The molecule has 1 aromatic carbocycles. The molecule has 5 heteroatoms. The van der Waals surface area contributed by atoms with Gasteiger partial charge in [-0.05, 0) is 17.7 Å². The van der Waals surface area contributed by atoms with Crippen molar-refractivity contribution < 1.29 is 15.1 Å². The number of hydrogen-bond donors (Lipinski definition) is 2. The highest BCUT2D eigenvalue weighted by atomic mass is 16.6. The number of nitro groups is 1. The van der Waals surface area contributed by atoms with E-state index in [4.69, 9.17) is 5.11 Å². The summed E-state index contributed by atoms with van der Waals surface area (Å²) in [6.07, 6.45) is -1.16. The van der Waals surface area contributed by atoms with E-state index >= 15 is 0 Å². The summed E-state index contributed by atoms with van der Waals surface area (Å²) in [6.45, 7) is -0.552. The van der Waals surface area contributed by atoms with Crippen LogP contribution in [-0.2, 0) is 0 Å². The van der Waals surface area contributed by atoms with Crippen molar-refractivity contribution in [1.29, 1.82) is 0 Å². The Hall–Kier alpha value is -1.62. The molecule has 0 saturated carbocycles. The first kappa shape index (κ1) is 9.47. The Labute approximate surface area is 74.4 Å². The molecular formula is C8H9NO4. The molecule has 0 heterocycles. The Morgan fingerprint density at radius 3 is 2.77 bits per heavy atom. The van der Waals surface area contributed by atoms with Gasteiger partial charge in [-0.15, -0.1) is 0 Å². The van der Waals surface area contributed by atoms with Gasteiger partial charge in [0, 0.05) is 4.92 Å². The number of aromatic hydroxyl groups is 1. The van der Waals surface area contributed by atoms with Crippen LogP contribution in [0.25, 0.3) is 0 Å². The van der Waals surface area contributed by atoms with Gasteiger partial charge < -0.3 is 10.2 Å². The van der Waals surface area contributed by atoms with Crippen molar-refractivity contribution in [3.05, 3.63) is 39.9 Å². The number of phenolic OH excluding ortho intramolecular Hbond substituents is 1. The molecule has 1 aromatic rings. The highest BCUT2D eigenvalue weighted by Gasteiger charge is 2.13. The van der Waals surface area contributed by atoms with Crippen molar-refractivity contribution in [3.8, 4) is 5.75 Å². The van der Waals surface area contributed by atoms with E-state index in [1.54, 1.807) is 0 Å². The summed E-state index contributed by atoms with van der Waals surface area (Å²) < 4.78 is 0. The van der Waals surface area contributed by atoms with Gasteiger partial charge in [0.2, 0.25) is 6.54 Å². The minimum Gasteiger partial charge on any atom is -0.508 e. The number of phenols is 1. The molecule has 1 atom stereocenters. The first-order valence-corrected chi connectivity index (χ1v) is 3.68. The lowest BCUT2D eigenvalue weighted by Crippen LogP contribution is -2.11. The Morgan fingerprint density at radius 1 is 1.54 bits per heavy atom. The first-order valence-electron chi connectivity index (χ1n) is 3.68. The van der Waals surface area contributed by atoms with Crippen LogP contribution in [0.15, 0.2) is 24.3 Å². The molecule has 0 spiro atoms. The second-order valence-electron chi connectivity index (χ2n) is 2.63. The van der Waals surface area contributed by atoms with E-state index in [0.29, 0.717) is 5.56 Å². The summed E-state index contributed by atoms with van der Waals surface area (Å²) in [4.78, 5) is 9.45. The molecule has 1 unspecified atom stereocenters. The number of aliphatic hydroxyl groups excluding tert-OH is 1. The van der Waals surface area contributed by atoms with Crippen LogP contribution in [-0.4, -0.2) is 21.7 Å². The third kappa shape index (κ3) is 2.72. The number of hydrogen-bond acceptors (Lipinski definition) is 4. The fraction of sp³-hybridized carbons (Fsp3) is 0.250. The molecule has 1 rings (SSSR count). The summed E-state index contributed by atoms with van der Waals surface area (Å²) >= 11 is 0. The Balaban J connectivity index is 2.76. The lowest BCUT2D eigenvalue weighted by molar-refractivity contribution is -0.491. The van der Waals surface area contributed by atoms with Crippen molar-refractivity contribution in [1.82, 2.24) is 0 Å². The number of rotatable bonds is 3. The molecule has 0 bridgehead atoms. The first-order chi connectivity index (χ1) is 6.09. The third-order valence-electron chi connectivity index (χ3n) is 1.58. The van der Waals surface area contributed by atoms with Crippen molar-refractivity contribution in [2.75, 3.05) is 6.54 Å². The lowest BCUT2D eigenvalue weighted by atomic mass is 10.1. The second kappa shape index (κ2) is 3.86.